The highest BCUT2D eigenvalue weighted by molar-refractivity contribution is 6.39. The molecule has 0 fully saturated rings. The zero-order chi connectivity index (χ0) is 18.4. The lowest BCUT2D eigenvalue weighted by Gasteiger charge is -2.06. The van der Waals surface area contributed by atoms with Gasteiger partial charge in [0.05, 0.1) is 17.3 Å². The quantitative estimate of drug-likeness (QED) is 0.382. The maximum atomic E-state index is 11.8. The van der Waals surface area contributed by atoms with Crippen LogP contribution in [0.3, 0.4) is 0 Å². The van der Waals surface area contributed by atoms with Crippen LogP contribution in [0.5, 0.6) is 11.5 Å². The van der Waals surface area contributed by atoms with Gasteiger partial charge in [0.1, 0.15) is 11.5 Å². The number of hydrazone groups is 1. The Morgan fingerprint density at radius 1 is 1.08 bits per heavy atom. The Morgan fingerprint density at radius 3 is 2.36 bits per heavy atom. The molecule has 0 saturated heterocycles. The van der Waals surface area contributed by atoms with Gasteiger partial charge in [-0.15, -0.1) is 0 Å². The van der Waals surface area contributed by atoms with Crippen molar-refractivity contribution in [2.45, 2.75) is 6.92 Å². The number of phenols is 2. The van der Waals surface area contributed by atoms with Crippen LogP contribution in [0.2, 0.25) is 0 Å². The molecule has 0 aliphatic carbocycles. The fourth-order valence-corrected chi connectivity index (χ4v) is 1.89. The summed E-state index contributed by atoms with van der Waals surface area (Å²) in [5, 5.41) is 33.8. The monoisotopic (exact) mass is 338 g/mol. The number of benzene rings is 2. The molecule has 0 aliphatic rings. The molecule has 2 aromatic carbocycles. The molecule has 2 aromatic rings. The zero-order valence-corrected chi connectivity index (χ0v) is 13.1. The van der Waals surface area contributed by atoms with Crippen molar-refractivity contribution in [3.63, 3.8) is 0 Å². The van der Waals surface area contributed by atoms with Crippen molar-refractivity contribution < 1.29 is 19.8 Å². The van der Waals surface area contributed by atoms with Crippen LogP contribution in [0, 0.1) is 11.3 Å². The maximum Gasteiger partial charge on any atom is 0.329 e. The molecule has 0 bridgehead atoms. The lowest BCUT2D eigenvalue weighted by Crippen LogP contribution is -2.32. The smallest absolute Gasteiger partial charge is 0.329 e. The Balaban J connectivity index is 2.00. The molecule has 126 valence electrons. The molecule has 4 N–H and O–H groups in total. The van der Waals surface area contributed by atoms with E-state index in [2.05, 4.69) is 15.8 Å². The Morgan fingerprint density at radius 2 is 1.76 bits per heavy atom. The molecule has 0 heterocycles. The minimum atomic E-state index is -0.998. The van der Waals surface area contributed by atoms with Gasteiger partial charge in [-0.05, 0) is 43.3 Å². The zero-order valence-electron chi connectivity index (χ0n) is 13.1. The minimum absolute atomic E-state index is 0.111. The number of nitrogens with one attached hydrogen (secondary N) is 2. The molecule has 0 aliphatic heterocycles. The van der Waals surface area contributed by atoms with Crippen LogP contribution in [-0.2, 0) is 9.59 Å². The number of nitrogens with zero attached hydrogens (tertiary/aromatic N) is 2. The van der Waals surface area contributed by atoms with Crippen LogP contribution in [-0.4, -0.2) is 27.7 Å². The van der Waals surface area contributed by atoms with Gasteiger partial charge in [-0.1, -0.05) is 0 Å². The van der Waals surface area contributed by atoms with E-state index in [1.54, 1.807) is 0 Å². The van der Waals surface area contributed by atoms with Crippen molar-refractivity contribution in [1.82, 2.24) is 5.43 Å². The molecule has 0 unspecified atom stereocenters. The van der Waals surface area contributed by atoms with Crippen LogP contribution in [0.4, 0.5) is 5.69 Å². The van der Waals surface area contributed by atoms with Crippen molar-refractivity contribution in [3.05, 3.63) is 53.6 Å². The summed E-state index contributed by atoms with van der Waals surface area (Å²) in [7, 11) is 0. The van der Waals surface area contributed by atoms with Gasteiger partial charge >= 0.3 is 11.8 Å². The van der Waals surface area contributed by atoms with Crippen LogP contribution in [0.15, 0.2) is 47.6 Å². The molecule has 8 nitrogen and oxygen atoms in total. The van der Waals surface area contributed by atoms with Gasteiger partial charge < -0.3 is 15.5 Å². The van der Waals surface area contributed by atoms with E-state index in [1.807, 2.05) is 6.07 Å². The summed E-state index contributed by atoms with van der Waals surface area (Å²) in [6.07, 6.45) is 0. The number of amides is 2. The fourth-order valence-electron chi connectivity index (χ4n) is 1.89. The topological polar surface area (TPSA) is 135 Å². The van der Waals surface area contributed by atoms with E-state index >= 15 is 0 Å². The van der Waals surface area contributed by atoms with Crippen LogP contribution in [0.1, 0.15) is 18.1 Å². The van der Waals surface area contributed by atoms with Gasteiger partial charge in [0.25, 0.3) is 0 Å². The number of phenolic OH excluding ortho intramolecular Hbond substituents is 2. The van der Waals surface area contributed by atoms with Crippen molar-refractivity contribution in [1.29, 1.82) is 5.26 Å². The molecular weight excluding hydrogens is 324 g/mol. The number of hydrogen-bond donors (Lipinski definition) is 4. The second-order valence-corrected chi connectivity index (χ2v) is 4.98. The van der Waals surface area contributed by atoms with Gasteiger partial charge in [0, 0.05) is 17.3 Å². The van der Waals surface area contributed by atoms with E-state index in [1.165, 1.54) is 43.3 Å². The molecule has 0 radical (unpaired) electrons. The van der Waals surface area contributed by atoms with Crippen molar-refractivity contribution in [2.75, 3.05) is 5.32 Å². The van der Waals surface area contributed by atoms with Gasteiger partial charge in [0.2, 0.25) is 0 Å². The number of aromatic hydroxyl groups is 2. The summed E-state index contributed by atoms with van der Waals surface area (Å²) >= 11 is 0. The lowest BCUT2D eigenvalue weighted by molar-refractivity contribution is -0.136. The van der Waals surface area contributed by atoms with Crippen LogP contribution < -0.4 is 10.7 Å². The van der Waals surface area contributed by atoms with Gasteiger partial charge in [-0.25, -0.2) is 5.43 Å². The van der Waals surface area contributed by atoms with Crippen LogP contribution in [0.25, 0.3) is 0 Å². The summed E-state index contributed by atoms with van der Waals surface area (Å²) in [5.41, 5.74) is 3.41. The number of rotatable bonds is 3. The minimum Gasteiger partial charge on any atom is -0.508 e. The first kappa shape index (κ1) is 17.5. The molecule has 2 rings (SSSR count). The Kier molecular flexibility index (Phi) is 5.32. The number of carbonyl (C=O) groups is 2. The molecule has 8 heteroatoms. The molecule has 25 heavy (non-hydrogen) atoms. The first-order chi connectivity index (χ1) is 11.9. The molecule has 0 spiro atoms. The molecule has 0 aromatic heterocycles. The van der Waals surface area contributed by atoms with E-state index in [-0.39, 0.29) is 17.2 Å². The largest absolute Gasteiger partial charge is 0.508 e. The Bertz CT molecular complexity index is 883. The average Bonchev–Trinajstić information content (AvgIpc) is 2.60. The highest BCUT2D eigenvalue weighted by Crippen LogP contribution is 2.22. The molecular formula is C17H14N4O4. The third kappa shape index (κ3) is 4.56. The number of carbonyl (C=O) groups excluding carboxylic acids is 2. The lowest BCUT2D eigenvalue weighted by atomic mass is 10.1. The third-order valence-electron chi connectivity index (χ3n) is 3.17. The average molecular weight is 338 g/mol. The van der Waals surface area contributed by atoms with E-state index in [0.29, 0.717) is 16.8 Å². The van der Waals surface area contributed by atoms with Crippen LogP contribution >= 0.6 is 0 Å². The summed E-state index contributed by atoms with van der Waals surface area (Å²) in [5.74, 6) is -2.25. The van der Waals surface area contributed by atoms with Crippen molar-refractivity contribution in [2.24, 2.45) is 5.10 Å². The highest BCUT2D eigenvalue weighted by atomic mass is 16.3. The molecule has 0 atom stereocenters. The normalized spacial score (nSPS) is 10.6. The fraction of sp³-hybridized carbons (Fsp3) is 0.0588. The first-order valence-electron chi connectivity index (χ1n) is 7.09. The van der Waals surface area contributed by atoms with Crippen molar-refractivity contribution >= 4 is 23.2 Å². The SMILES string of the molecule is C/C(=N\NC(=O)C(=O)Nc1ccc(C#N)cc1)c1ccc(O)cc1O. The maximum absolute atomic E-state index is 11.8. The van der Waals surface area contributed by atoms with E-state index in [9.17, 15) is 19.8 Å². The predicted molar refractivity (Wildman–Crippen MR) is 89.9 cm³/mol. The van der Waals surface area contributed by atoms with Crippen molar-refractivity contribution in [3.8, 4) is 17.6 Å². The van der Waals surface area contributed by atoms with E-state index in [0.717, 1.165) is 6.07 Å². The number of anilines is 1. The van der Waals surface area contributed by atoms with E-state index in [4.69, 9.17) is 5.26 Å². The van der Waals surface area contributed by atoms with Gasteiger partial charge in [-0.2, -0.15) is 10.4 Å². The molecule has 0 saturated carbocycles. The predicted octanol–water partition coefficient (Wildman–Crippen LogP) is 1.45. The molecule has 2 amide bonds. The number of nitriles is 1. The van der Waals surface area contributed by atoms with Gasteiger partial charge in [-0.3, -0.25) is 9.59 Å². The highest BCUT2D eigenvalue weighted by Gasteiger charge is 2.14. The summed E-state index contributed by atoms with van der Waals surface area (Å²) < 4.78 is 0. The summed E-state index contributed by atoms with van der Waals surface area (Å²) in [6, 6.07) is 11.8. The Hall–Kier alpha value is -3.86. The number of hydrogen-bond acceptors (Lipinski definition) is 6. The van der Waals surface area contributed by atoms with E-state index < -0.39 is 11.8 Å². The standard InChI is InChI=1S/C17H14N4O4/c1-10(14-7-6-13(22)8-15(14)23)20-21-17(25)16(24)19-12-4-2-11(9-18)3-5-12/h2-8,22-23H,1H3,(H,19,24)(H,21,25)/b20-10+. The second-order valence-electron chi connectivity index (χ2n) is 4.98. The van der Waals surface area contributed by atoms with Gasteiger partial charge in [0.15, 0.2) is 0 Å². The second kappa shape index (κ2) is 7.61. The first-order valence-corrected chi connectivity index (χ1v) is 7.09. The Labute approximate surface area is 143 Å². The third-order valence-corrected chi connectivity index (χ3v) is 3.17. The summed E-state index contributed by atoms with van der Waals surface area (Å²) in [4.78, 5) is 23.5. The summed E-state index contributed by atoms with van der Waals surface area (Å²) in [6.45, 7) is 1.52.